The number of hydrogen-bond donors (Lipinski definition) is 1. The molecule has 0 saturated heterocycles. The third kappa shape index (κ3) is 4.76. The Morgan fingerprint density at radius 2 is 2.06 bits per heavy atom. The normalized spacial score (nSPS) is 25.8. The summed E-state index contributed by atoms with van der Waals surface area (Å²) in [6, 6.07) is 0. The number of nitrogens with one attached hydrogen (secondary N) is 1. The van der Waals surface area contributed by atoms with Crippen molar-refractivity contribution in [3.8, 4) is 0 Å². The number of Topliss-reactive ketones (excluding diaryl/α,β-unsaturated/α-hetero) is 1. The lowest BCUT2D eigenvalue weighted by Gasteiger charge is -2.27. The molecular weight excluding hydrogens is 238 g/mol. The summed E-state index contributed by atoms with van der Waals surface area (Å²) in [6.45, 7) is 3.57. The highest BCUT2D eigenvalue weighted by atomic mass is 32.2. The molecule has 0 radical (unpaired) electrons. The van der Waals surface area contributed by atoms with Crippen molar-refractivity contribution < 1.29 is 13.2 Å². The first-order chi connectivity index (χ1) is 7.95. The number of sulfone groups is 1. The van der Waals surface area contributed by atoms with Gasteiger partial charge < -0.3 is 5.32 Å². The maximum absolute atomic E-state index is 11.9. The van der Waals surface area contributed by atoms with Gasteiger partial charge in [0.15, 0.2) is 0 Å². The topological polar surface area (TPSA) is 63.2 Å². The molecular formula is C12H23NO3S. The van der Waals surface area contributed by atoms with Crippen LogP contribution in [0, 0.1) is 5.92 Å². The molecule has 0 aromatic rings. The quantitative estimate of drug-likeness (QED) is 0.729. The maximum atomic E-state index is 11.9. The Labute approximate surface area is 104 Å². The van der Waals surface area contributed by atoms with Crippen molar-refractivity contribution in [3.05, 3.63) is 0 Å². The fourth-order valence-electron chi connectivity index (χ4n) is 2.42. The highest BCUT2D eigenvalue weighted by Gasteiger charge is 2.31. The van der Waals surface area contributed by atoms with Gasteiger partial charge in [-0.15, -0.1) is 0 Å². The molecule has 17 heavy (non-hydrogen) atoms. The molecule has 4 nitrogen and oxygen atoms in total. The van der Waals surface area contributed by atoms with Gasteiger partial charge in [0.1, 0.15) is 15.6 Å². The van der Waals surface area contributed by atoms with Crippen molar-refractivity contribution in [3.63, 3.8) is 0 Å². The summed E-state index contributed by atoms with van der Waals surface area (Å²) in [5, 5.41) is 2.82. The summed E-state index contributed by atoms with van der Waals surface area (Å²) in [6.07, 6.45) is 4.77. The van der Waals surface area contributed by atoms with E-state index < -0.39 is 9.84 Å². The fourth-order valence-corrected chi connectivity index (χ4v) is 3.60. The second-order valence-electron chi connectivity index (χ2n) is 4.88. The van der Waals surface area contributed by atoms with Crippen LogP contribution >= 0.6 is 0 Å². The zero-order chi connectivity index (χ0) is 12.9. The van der Waals surface area contributed by atoms with Crippen LogP contribution in [0.3, 0.4) is 0 Å². The first-order valence-electron chi connectivity index (χ1n) is 6.37. The average molecular weight is 261 g/mol. The SMILES string of the molecule is CCNCCC(=O)C1CCCC(S(C)(=O)=O)C1. The van der Waals surface area contributed by atoms with E-state index in [0.717, 1.165) is 25.8 Å². The molecule has 2 unspecified atom stereocenters. The van der Waals surface area contributed by atoms with Gasteiger partial charge in [0.2, 0.25) is 0 Å². The summed E-state index contributed by atoms with van der Waals surface area (Å²) in [5.74, 6) is 0.182. The third-order valence-corrected chi connectivity index (χ3v) is 5.12. The second kappa shape index (κ2) is 6.50. The van der Waals surface area contributed by atoms with Crippen molar-refractivity contribution in [2.45, 2.75) is 44.3 Å². The Bertz CT molecular complexity index is 351. The van der Waals surface area contributed by atoms with Gasteiger partial charge in [0.25, 0.3) is 0 Å². The summed E-state index contributed by atoms with van der Waals surface area (Å²) in [7, 11) is -2.99. The van der Waals surface area contributed by atoms with Crippen LogP contribution in [0.4, 0.5) is 0 Å². The smallest absolute Gasteiger partial charge is 0.150 e. The zero-order valence-electron chi connectivity index (χ0n) is 10.7. The highest BCUT2D eigenvalue weighted by molar-refractivity contribution is 7.91. The molecule has 1 aliphatic carbocycles. The molecule has 0 heterocycles. The van der Waals surface area contributed by atoms with Crippen LogP contribution < -0.4 is 5.32 Å². The van der Waals surface area contributed by atoms with Crippen LogP contribution in [0.2, 0.25) is 0 Å². The predicted octanol–water partition coefficient (Wildman–Crippen LogP) is 1.16. The van der Waals surface area contributed by atoms with E-state index >= 15 is 0 Å². The summed E-state index contributed by atoms with van der Waals surface area (Å²) >= 11 is 0. The Balaban J connectivity index is 2.46. The van der Waals surface area contributed by atoms with E-state index in [1.165, 1.54) is 6.26 Å². The summed E-state index contributed by atoms with van der Waals surface area (Å²) in [4.78, 5) is 11.9. The summed E-state index contributed by atoms with van der Waals surface area (Å²) < 4.78 is 23.0. The lowest BCUT2D eigenvalue weighted by molar-refractivity contribution is -0.123. The van der Waals surface area contributed by atoms with Crippen molar-refractivity contribution in [1.82, 2.24) is 5.32 Å². The first kappa shape index (κ1) is 14.6. The van der Waals surface area contributed by atoms with Crippen LogP contribution in [-0.4, -0.2) is 38.8 Å². The van der Waals surface area contributed by atoms with Crippen LogP contribution in [0.25, 0.3) is 0 Å². The molecule has 0 spiro atoms. The minimum atomic E-state index is -2.99. The fraction of sp³-hybridized carbons (Fsp3) is 0.917. The van der Waals surface area contributed by atoms with Gasteiger partial charge in [0.05, 0.1) is 5.25 Å². The molecule has 0 aliphatic heterocycles. The number of carbonyl (C=O) groups excluding carboxylic acids is 1. The Kier molecular flexibility index (Phi) is 5.59. The standard InChI is InChI=1S/C12H23NO3S/c1-3-13-8-7-12(14)10-5-4-6-11(9-10)17(2,15)16/h10-11,13H,3-9H2,1-2H3. The Hall–Kier alpha value is -0.420. The minimum absolute atomic E-state index is 0.0397. The van der Waals surface area contributed by atoms with Gasteiger partial charge in [-0.3, -0.25) is 4.79 Å². The van der Waals surface area contributed by atoms with Gasteiger partial charge in [-0.1, -0.05) is 13.3 Å². The van der Waals surface area contributed by atoms with Crippen LogP contribution in [-0.2, 0) is 14.6 Å². The number of rotatable bonds is 6. The maximum Gasteiger partial charge on any atom is 0.150 e. The van der Waals surface area contributed by atoms with Gasteiger partial charge >= 0.3 is 0 Å². The lowest BCUT2D eigenvalue weighted by Crippen LogP contribution is -2.32. The van der Waals surface area contributed by atoms with E-state index in [0.29, 0.717) is 19.4 Å². The van der Waals surface area contributed by atoms with E-state index in [-0.39, 0.29) is 17.0 Å². The van der Waals surface area contributed by atoms with Gasteiger partial charge in [-0.2, -0.15) is 0 Å². The molecule has 1 N–H and O–H groups in total. The number of hydrogen-bond acceptors (Lipinski definition) is 4. The largest absolute Gasteiger partial charge is 0.317 e. The van der Waals surface area contributed by atoms with Crippen LogP contribution in [0.15, 0.2) is 0 Å². The molecule has 0 bridgehead atoms. The highest BCUT2D eigenvalue weighted by Crippen LogP contribution is 2.29. The monoisotopic (exact) mass is 261 g/mol. The summed E-state index contributed by atoms with van der Waals surface area (Å²) in [5.41, 5.74) is 0. The second-order valence-corrected chi connectivity index (χ2v) is 7.21. The van der Waals surface area contributed by atoms with Gasteiger partial charge in [0, 0.05) is 25.1 Å². The van der Waals surface area contributed by atoms with Crippen molar-refractivity contribution >= 4 is 15.6 Å². The average Bonchev–Trinajstić information content (AvgIpc) is 2.28. The number of carbonyl (C=O) groups is 1. The van der Waals surface area contributed by atoms with E-state index in [2.05, 4.69) is 5.32 Å². The Morgan fingerprint density at radius 1 is 1.35 bits per heavy atom. The van der Waals surface area contributed by atoms with Crippen LogP contribution in [0.5, 0.6) is 0 Å². The molecule has 1 aliphatic rings. The minimum Gasteiger partial charge on any atom is -0.317 e. The van der Waals surface area contributed by atoms with Crippen LogP contribution in [0.1, 0.15) is 39.0 Å². The molecule has 5 heteroatoms. The lowest BCUT2D eigenvalue weighted by atomic mass is 9.85. The molecule has 100 valence electrons. The number of ketones is 1. The molecule has 1 rings (SSSR count). The van der Waals surface area contributed by atoms with E-state index in [1.54, 1.807) is 0 Å². The van der Waals surface area contributed by atoms with Crippen molar-refractivity contribution in [2.75, 3.05) is 19.3 Å². The Morgan fingerprint density at radius 3 is 2.65 bits per heavy atom. The van der Waals surface area contributed by atoms with E-state index in [1.807, 2.05) is 6.92 Å². The molecule has 0 aromatic heterocycles. The molecule has 1 saturated carbocycles. The third-order valence-electron chi connectivity index (χ3n) is 3.49. The molecule has 0 amide bonds. The zero-order valence-corrected chi connectivity index (χ0v) is 11.6. The molecule has 0 aromatic carbocycles. The predicted molar refractivity (Wildman–Crippen MR) is 68.8 cm³/mol. The van der Waals surface area contributed by atoms with Gasteiger partial charge in [-0.05, 0) is 25.8 Å². The van der Waals surface area contributed by atoms with E-state index in [4.69, 9.17) is 0 Å². The van der Waals surface area contributed by atoms with Gasteiger partial charge in [-0.25, -0.2) is 8.42 Å². The molecule has 1 fully saturated rings. The van der Waals surface area contributed by atoms with E-state index in [9.17, 15) is 13.2 Å². The first-order valence-corrected chi connectivity index (χ1v) is 8.33. The van der Waals surface area contributed by atoms with Crippen molar-refractivity contribution in [1.29, 1.82) is 0 Å². The van der Waals surface area contributed by atoms with Crippen molar-refractivity contribution in [2.24, 2.45) is 5.92 Å². The molecule has 2 atom stereocenters.